The first-order valence-electron chi connectivity index (χ1n) is 8.75. The van der Waals surface area contributed by atoms with Crippen molar-refractivity contribution in [1.29, 1.82) is 0 Å². The molecule has 1 saturated heterocycles. The first kappa shape index (κ1) is 16.3. The molecule has 0 unspecified atom stereocenters. The number of amides is 1. The van der Waals surface area contributed by atoms with E-state index in [1.54, 1.807) is 18.6 Å². The van der Waals surface area contributed by atoms with Gasteiger partial charge in [0.05, 0.1) is 23.1 Å². The van der Waals surface area contributed by atoms with Gasteiger partial charge in [-0.15, -0.1) is 0 Å². The van der Waals surface area contributed by atoms with Gasteiger partial charge >= 0.3 is 0 Å². The number of hydrogen-bond acceptors (Lipinski definition) is 4. The molecule has 0 aliphatic carbocycles. The van der Waals surface area contributed by atoms with E-state index in [9.17, 15) is 4.79 Å². The van der Waals surface area contributed by atoms with Crippen molar-refractivity contribution < 1.29 is 9.53 Å². The van der Waals surface area contributed by atoms with Crippen LogP contribution in [0.3, 0.4) is 0 Å². The summed E-state index contributed by atoms with van der Waals surface area (Å²) in [5.74, 6) is 0.803. The van der Waals surface area contributed by atoms with Crippen LogP contribution in [0.15, 0.2) is 61.2 Å². The molecular formula is C20H20N4O2. The molecule has 0 bridgehead atoms. The summed E-state index contributed by atoms with van der Waals surface area (Å²) in [7, 11) is 0. The molecule has 3 aromatic heterocycles. The lowest BCUT2D eigenvalue weighted by atomic mass is 10.1. The molecule has 0 spiro atoms. The zero-order chi connectivity index (χ0) is 17.8. The molecule has 6 heteroatoms. The van der Waals surface area contributed by atoms with Gasteiger partial charge in [0.25, 0.3) is 5.91 Å². The Bertz CT molecular complexity index is 839. The summed E-state index contributed by atoms with van der Waals surface area (Å²) < 4.78 is 5.93. The lowest BCUT2D eigenvalue weighted by Gasteiger charge is -2.32. The summed E-state index contributed by atoms with van der Waals surface area (Å²) in [5.41, 5.74) is 2.39. The van der Waals surface area contributed by atoms with Crippen molar-refractivity contribution in [3.05, 3.63) is 66.7 Å². The van der Waals surface area contributed by atoms with Gasteiger partial charge in [0.1, 0.15) is 11.9 Å². The Balaban J connectivity index is 1.34. The smallest absolute Gasteiger partial charge is 0.255 e. The predicted molar refractivity (Wildman–Crippen MR) is 97.8 cm³/mol. The molecule has 1 fully saturated rings. The number of nitrogens with one attached hydrogen (secondary N) is 1. The third-order valence-electron chi connectivity index (χ3n) is 4.55. The maximum Gasteiger partial charge on any atom is 0.255 e. The van der Waals surface area contributed by atoms with Crippen LogP contribution in [0.4, 0.5) is 0 Å². The fourth-order valence-electron chi connectivity index (χ4n) is 3.14. The van der Waals surface area contributed by atoms with Gasteiger partial charge in [0.2, 0.25) is 0 Å². The molecule has 4 heterocycles. The van der Waals surface area contributed by atoms with E-state index in [1.807, 2.05) is 47.5 Å². The van der Waals surface area contributed by atoms with Crippen molar-refractivity contribution in [2.75, 3.05) is 13.1 Å². The van der Waals surface area contributed by atoms with Gasteiger partial charge in [0, 0.05) is 44.5 Å². The minimum Gasteiger partial charge on any atom is -0.489 e. The highest BCUT2D eigenvalue weighted by molar-refractivity contribution is 5.94. The summed E-state index contributed by atoms with van der Waals surface area (Å²) in [6, 6.07) is 11.4. The van der Waals surface area contributed by atoms with Crippen LogP contribution in [0.5, 0.6) is 5.75 Å². The molecule has 0 saturated carbocycles. The number of carbonyl (C=O) groups excluding carboxylic acids is 1. The standard InChI is InChI=1S/C20H20N4O2/c25-20(15-5-6-19(23-13-15)18-4-2-10-22-18)24-11-7-16(8-12-24)26-17-3-1-9-21-14-17/h1-6,9-10,13-14,16,22H,7-8,11-12H2. The second-order valence-electron chi connectivity index (χ2n) is 6.31. The third-order valence-corrected chi connectivity index (χ3v) is 4.55. The Labute approximate surface area is 151 Å². The fourth-order valence-corrected chi connectivity index (χ4v) is 3.14. The molecule has 0 atom stereocenters. The van der Waals surface area contributed by atoms with Crippen LogP contribution >= 0.6 is 0 Å². The van der Waals surface area contributed by atoms with E-state index < -0.39 is 0 Å². The number of aromatic nitrogens is 3. The largest absolute Gasteiger partial charge is 0.489 e. The molecule has 1 aliphatic heterocycles. The zero-order valence-electron chi connectivity index (χ0n) is 14.3. The van der Waals surface area contributed by atoms with Crippen LogP contribution in [-0.2, 0) is 0 Å². The number of likely N-dealkylation sites (tertiary alicyclic amines) is 1. The van der Waals surface area contributed by atoms with Crippen molar-refractivity contribution in [1.82, 2.24) is 19.9 Å². The average molecular weight is 348 g/mol. The third kappa shape index (κ3) is 3.59. The number of nitrogens with zero attached hydrogens (tertiary/aromatic N) is 3. The monoisotopic (exact) mass is 348 g/mol. The van der Waals surface area contributed by atoms with Crippen molar-refractivity contribution in [3.63, 3.8) is 0 Å². The summed E-state index contributed by atoms with van der Waals surface area (Å²) in [5, 5.41) is 0. The summed E-state index contributed by atoms with van der Waals surface area (Å²) in [6.45, 7) is 1.37. The molecule has 1 N–H and O–H groups in total. The van der Waals surface area contributed by atoms with Gasteiger partial charge in [-0.25, -0.2) is 0 Å². The minimum absolute atomic E-state index is 0.0235. The topological polar surface area (TPSA) is 71.1 Å². The van der Waals surface area contributed by atoms with E-state index in [1.165, 1.54) is 0 Å². The number of carbonyl (C=O) groups is 1. The molecule has 3 aromatic rings. The fraction of sp³-hybridized carbons (Fsp3) is 0.250. The van der Waals surface area contributed by atoms with Crippen LogP contribution < -0.4 is 4.74 Å². The van der Waals surface area contributed by atoms with E-state index in [0.29, 0.717) is 18.7 Å². The summed E-state index contributed by atoms with van der Waals surface area (Å²) in [4.78, 5) is 26.1. The predicted octanol–water partition coefficient (Wildman–Crippen LogP) is 3.16. The number of pyridine rings is 2. The van der Waals surface area contributed by atoms with Gasteiger partial charge in [0.15, 0.2) is 0 Å². The summed E-state index contributed by atoms with van der Waals surface area (Å²) in [6.07, 6.45) is 8.70. The normalized spacial score (nSPS) is 15.0. The van der Waals surface area contributed by atoms with Gasteiger partial charge in [-0.2, -0.15) is 0 Å². The van der Waals surface area contributed by atoms with E-state index in [-0.39, 0.29) is 12.0 Å². The highest BCUT2D eigenvalue weighted by atomic mass is 16.5. The highest BCUT2D eigenvalue weighted by Gasteiger charge is 2.25. The minimum atomic E-state index is 0.0235. The number of rotatable bonds is 4. The van der Waals surface area contributed by atoms with E-state index in [0.717, 1.165) is 30.0 Å². The molecular weight excluding hydrogens is 328 g/mol. The maximum atomic E-state index is 12.7. The first-order valence-corrected chi connectivity index (χ1v) is 8.75. The number of ether oxygens (including phenoxy) is 1. The quantitative estimate of drug-likeness (QED) is 0.786. The highest BCUT2D eigenvalue weighted by Crippen LogP contribution is 2.20. The van der Waals surface area contributed by atoms with Gasteiger partial charge < -0.3 is 14.6 Å². The lowest BCUT2D eigenvalue weighted by molar-refractivity contribution is 0.0594. The van der Waals surface area contributed by atoms with Crippen LogP contribution in [0.25, 0.3) is 11.4 Å². The number of hydrogen-bond donors (Lipinski definition) is 1. The molecule has 0 aromatic carbocycles. The van der Waals surface area contributed by atoms with Crippen molar-refractivity contribution in [2.45, 2.75) is 18.9 Å². The zero-order valence-corrected chi connectivity index (χ0v) is 14.3. The van der Waals surface area contributed by atoms with Crippen molar-refractivity contribution >= 4 is 5.91 Å². The van der Waals surface area contributed by atoms with Crippen LogP contribution in [-0.4, -0.2) is 45.0 Å². The number of piperidine rings is 1. The Hall–Kier alpha value is -3.15. The first-order chi connectivity index (χ1) is 12.8. The van der Waals surface area contributed by atoms with Crippen LogP contribution in [0.1, 0.15) is 23.2 Å². The molecule has 26 heavy (non-hydrogen) atoms. The SMILES string of the molecule is O=C(c1ccc(-c2ccc[nH]2)nc1)N1CCC(Oc2cccnc2)CC1. The molecule has 1 amide bonds. The Kier molecular flexibility index (Phi) is 4.64. The number of aromatic amines is 1. The van der Waals surface area contributed by atoms with Crippen molar-refractivity contribution in [2.24, 2.45) is 0 Å². The van der Waals surface area contributed by atoms with Crippen LogP contribution in [0.2, 0.25) is 0 Å². The molecule has 6 nitrogen and oxygen atoms in total. The summed E-state index contributed by atoms with van der Waals surface area (Å²) >= 11 is 0. The van der Waals surface area contributed by atoms with Gasteiger partial charge in [-0.1, -0.05) is 0 Å². The second-order valence-corrected chi connectivity index (χ2v) is 6.31. The Morgan fingerprint density at radius 2 is 2.00 bits per heavy atom. The van der Waals surface area contributed by atoms with Gasteiger partial charge in [-0.05, 0) is 36.4 Å². The van der Waals surface area contributed by atoms with E-state index in [2.05, 4.69) is 15.0 Å². The van der Waals surface area contributed by atoms with E-state index in [4.69, 9.17) is 4.74 Å². The van der Waals surface area contributed by atoms with Crippen LogP contribution in [0, 0.1) is 0 Å². The van der Waals surface area contributed by atoms with Crippen molar-refractivity contribution in [3.8, 4) is 17.1 Å². The lowest BCUT2D eigenvalue weighted by Crippen LogP contribution is -2.41. The molecule has 1 aliphatic rings. The van der Waals surface area contributed by atoms with Gasteiger partial charge in [-0.3, -0.25) is 14.8 Å². The molecule has 0 radical (unpaired) electrons. The Morgan fingerprint density at radius 1 is 1.12 bits per heavy atom. The molecule has 132 valence electrons. The Morgan fingerprint density at radius 3 is 2.65 bits per heavy atom. The second kappa shape index (κ2) is 7.39. The average Bonchev–Trinajstić information content (AvgIpc) is 3.24. The molecule has 4 rings (SSSR count). The maximum absolute atomic E-state index is 12.7. The number of H-pyrrole nitrogens is 1. The van der Waals surface area contributed by atoms with E-state index >= 15 is 0 Å².